The van der Waals surface area contributed by atoms with E-state index in [0.717, 1.165) is 0 Å². The fraction of sp³-hybridized carbons (Fsp3) is 0.385. The van der Waals surface area contributed by atoms with Gasteiger partial charge in [-0.05, 0) is 19.9 Å². The van der Waals surface area contributed by atoms with Gasteiger partial charge in [0.1, 0.15) is 0 Å². The van der Waals surface area contributed by atoms with Crippen LogP contribution in [0.3, 0.4) is 0 Å². The maximum atomic E-state index is 12.1. The molecule has 0 atom stereocenters. The van der Waals surface area contributed by atoms with Crippen molar-refractivity contribution in [2.45, 2.75) is 26.9 Å². The Labute approximate surface area is 122 Å². The van der Waals surface area contributed by atoms with Crippen molar-refractivity contribution >= 4 is 17.5 Å². The van der Waals surface area contributed by atoms with Gasteiger partial charge < -0.3 is 10.6 Å². The average molecular weight is 290 g/mol. The van der Waals surface area contributed by atoms with Crippen LogP contribution in [0.5, 0.6) is 0 Å². The SMILES string of the molecule is CCn1ccc(C(=O)Nc2cn(CC)nc2C(=O)NC)n1. The van der Waals surface area contributed by atoms with E-state index >= 15 is 0 Å². The molecule has 0 saturated heterocycles. The van der Waals surface area contributed by atoms with Crippen molar-refractivity contribution in [1.82, 2.24) is 24.9 Å². The minimum Gasteiger partial charge on any atom is -0.354 e. The van der Waals surface area contributed by atoms with Gasteiger partial charge in [-0.25, -0.2) is 0 Å². The smallest absolute Gasteiger partial charge is 0.276 e. The Morgan fingerprint density at radius 1 is 1.14 bits per heavy atom. The molecule has 2 aromatic rings. The van der Waals surface area contributed by atoms with Crippen molar-refractivity contribution < 1.29 is 9.59 Å². The standard InChI is InChI=1S/C13H18N6O2/c1-4-18-7-6-9(16-18)12(20)15-10-8-19(5-2)17-11(10)13(21)14-3/h6-8H,4-5H2,1-3H3,(H,14,21)(H,15,20). The van der Waals surface area contributed by atoms with Gasteiger partial charge in [-0.3, -0.25) is 19.0 Å². The summed E-state index contributed by atoms with van der Waals surface area (Å²) in [6, 6.07) is 1.63. The summed E-state index contributed by atoms with van der Waals surface area (Å²) in [7, 11) is 1.52. The number of hydrogen-bond donors (Lipinski definition) is 2. The summed E-state index contributed by atoms with van der Waals surface area (Å²) in [6.07, 6.45) is 3.35. The summed E-state index contributed by atoms with van der Waals surface area (Å²) in [5.74, 6) is -0.723. The number of carbonyl (C=O) groups excluding carboxylic acids is 2. The molecule has 0 aromatic carbocycles. The first-order valence-electron chi connectivity index (χ1n) is 6.73. The van der Waals surface area contributed by atoms with Crippen molar-refractivity contribution in [1.29, 1.82) is 0 Å². The summed E-state index contributed by atoms with van der Waals surface area (Å²) in [5, 5.41) is 13.4. The average Bonchev–Trinajstić information content (AvgIpc) is 3.12. The Morgan fingerprint density at radius 2 is 1.86 bits per heavy atom. The molecule has 8 nitrogen and oxygen atoms in total. The molecule has 2 aromatic heterocycles. The van der Waals surface area contributed by atoms with Gasteiger partial charge in [-0.2, -0.15) is 10.2 Å². The second-order valence-corrected chi connectivity index (χ2v) is 4.34. The van der Waals surface area contributed by atoms with Crippen LogP contribution in [0.15, 0.2) is 18.5 Å². The first kappa shape index (κ1) is 14.8. The van der Waals surface area contributed by atoms with Crippen LogP contribution in [0, 0.1) is 0 Å². The number of nitrogens with zero attached hydrogens (tertiary/aromatic N) is 4. The molecular formula is C13H18N6O2. The van der Waals surface area contributed by atoms with Crippen LogP contribution in [-0.2, 0) is 13.1 Å². The largest absolute Gasteiger partial charge is 0.354 e. The molecule has 0 radical (unpaired) electrons. The summed E-state index contributed by atoms with van der Waals surface area (Å²) in [6.45, 7) is 5.12. The molecule has 0 bridgehead atoms. The van der Waals surface area contributed by atoms with Gasteiger partial charge >= 0.3 is 0 Å². The van der Waals surface area contributed by atoms with E-state index in [0.29, 0.717) is 24.5 Å². The summed E-state index contributed by atoms with van der Waals surface area (Å²) < 4.78 is 3.24. The minimum atomic E-state index is -0.372. The van der Waals surface area contributed by atoms with Crippen LogP contribution in [0.4, 0.5) is 5.69 Å². The van der Waals surface area contributed by atoms with Crippen molar-refractivity contribution in [3.8, 4) is 0 Å². The summed E-state index contributed by atoms with van der Waals surface area (Å²) in [4.78, 5) is 23.9. The van der Waals surface area contributed by atoms with Crippen LogP contribution in [-0.4, -0.2) is 38.4 Å². The number of amides is 2. The number of aromatic nitrogens is 4. The predicted molar refractivity (Wildman–Crippen MR) is 77.1 cm³/mol. The number of rotatable bonds is 5. The first-order valence-corrected chi connectivity index (χ1v) is 6.73. The van der Waals surface area contributed by atoms with E-state index in [1.54, 1.807) is 27.8 Å². The Hall–Kier alpha value is -2.64. The molecule has 21 heavy (non-hydrogen) atoms. The molecule has 0 aliphatic heterocycles. The molecule has 0 unspecified atom stereocenters. The van der Waals surface area contributed by atoms with Crippen LogP contribution in [0.25, 0.3) is 0 Å². The van der Waals surface area contributed by atoms with E-state index in [1.807, 2.05) is 13.8 Å². The van der Waals surface area contributed by atoms with E-state index in [4.69, 9.17) is 0 Å². The van der Waals surface area contributed by atoms with Crippen LogP contribution in [0.2, 0.25) is 0 Å². The topological polar surface area (TPSA) is 93.8 Å². The fourth-order valence-corrected chi connectivity index (χ4v) is 1.81. The second-order valence-electron chi connectivity index (χ2n) is 4.34. The molecule has 2 N–H and O–H groups in total. The number of nitrogens with one attached hydrogen (secondary N) is 2. The van der Waals surface area contributed by atoms with Crippen molar-refractivity contribution in [3.63, 3.8) is 0 Å². The molecule has 2 amide bonds. The van der Waals surface area contributed by atoms with Crippen LogP contribution < -0.4 is 10.6 Å². The Kier molecular flexibility index (Phi) is 4.36. The molecule has 112 valence electrons. The quantitative estimate of drug-likeness (QED) is 0.849. The molecule has 8 heteroatoms. The summed E-state index contributed by atoms with van der Waals surface area (Å²) >= 11 is 0. The zero-order valence-electron chi connectivity index (χ0n) is 12.3. The normalized spacial score (nSPS) is 10.4. The summed E-state index contributed by atoms with van der Waals surface area (Å²) in [5.41, 5.74) is 0.846. The lowest BCUT2D eigenvalue weighted by atomic mass is 10.3. The first-order chi connectivity index (χ1) is 10.1. The fourth-order valence-electron chi connectivity index (χ4n) is 1.81. The van der Waals surface area contributed by atoms with E-state index in [9.17, 15) is 9.59 Å². The van der Waals surface area contributed by atoms with E-state index in [1.165, 1.54) is 7.05 Å². The van der Waals surface area contributed by atoms with Crippen molar-refractivity contribution in [2.24, 2.45) is 0 Å². The van der Waals surface area contributed by atoms with E-state index in [2.05, 4.69) is 20.8 Å². The van der Waals surface area contributed by atoms with Gasteiger partial charge in [0.15, 0.2) is 11.4 Å². The van der Waals surface area contributed by atoms with Gasteiger partial charge in [0.2, 0.25) is 0 Å². The van der Waals surface area contributed by atoms with Crippen LogP contribution >= 0.6 is 0 Å². The molecule has 0 aliphatic rings. The highest BCUT2D eigenvalue weighted by molar-refractivity contribution is 6.07. The van der Waals surface area contributed by atoms with Crippen molar-refractivity contribution in [2.75, 3.05) is 12.4 Å². The van der Waals surface area contributed by atoms with Gasteiger partial charge in [0, 0.05) is 32.5 Å². The van der Waals surface area contributed by atoms with Gasteiger partial charge in [0.05, 0.1) is 5.69 Å². The number of carbonyl (C=O) groups is 2. The highest BCUT2D eigenvalue weighted by atomic mass is 16.2. The molecule has 2 rings (SSSR count). The van der Waals surface area contributed by atoms with Gasteiger partial charge in [-0.15, -0.1) is 0 Å². The zero-order chi connectivity index (χ0) is 15.4. The third-order valence-corrected chi connectivity index (χ3v) is 2.97. The molecule has 2 heterocycles. The molecular weight excluding hydrogens is 272 g/mol. The number of aryl methyl sites for hydroxylation is 2. The van der Waals surface area contributed by atoms with E-state index in [-0.39, 0.29) is 17.5 Å². The van der Waals surface area contributed by atoms with E-state index < -0.39 is 0 Å². The van der Waals surface area contributed by atoms with Crippen LogP contribution in [0.1, 0.15) is 34.8 Å². The lowest BCUT2D eigenvalue weighted by Gasteiger charge is -2.02. The van der Waals surface area contributed by atoms with Crippen molar-refractivity contribution in [3.05, 3.63) is 29.8 Å². The molecule has 0 fully saturated rings. The lowest BCUT2D eigenvalue weighted by molar-refractivity contribution is 0.0958. The Morgan fingerprint density at radius 3 is 2.43 bits per heavy atom. The highest BCUT2D eigenvalue weighted by Crippen LogP contribution is 2.15. The Balaban J connectivity index is 2.23. The third-order valence-electron chi connectivity index (χ3n) is 2.97. The monoisotopic (exact) mass is 290 g/mol. The van der Waals surface area contributed by atoms with Gasteiger partial charge in [0.25, 0.3) is 11.8 Å². The molecule has 0 spiro atoms. The second kappa shape index (κ2) is 6.21. The van der Waals surface area contributed by atoms with Gasteiger partial charge in [-0.1, -0.05) is 0 Å². The number of hydrogen-bond acceptors (Lipinski definition) is 4. The minimum absolute atomic E-state index is 0.183. The predicted octanol–water partition coefficient (Wildman–Crippen LogP) is 0.731. The highest BCUT2D eigenvalue weighted by Gasteiger charge is 2.19. The number of anilines is 1. The molecule has 0 aliphatic carbocycles. The Bertz CT molecular complexity index is 657. The maximum absolute atomic E-state index is 12.1. The lowest BCUT2D eigenvalue weighted by Crippen LogP contribution is -2.21. The zero-order valence-corrected chi connectivity index (χ0v) is 12.3. The maximum Gasteiger partial charge on any atom is 0.276 e. The third kappa shape index (κ3) is 3.10. The molecule has 0 saturated carbocycles.